The maximum absolute atomic E-state index is 4.65. The first-order valence-corrected chi connectivity index (χ1v) is 9.83. The van der Waals surface area contributed by atoms with Gasteiger partial charge in [0, 0.05) is 50.3 Å². The van der Waals surface area contributed by atoms with Crippen molar-refractivity contribution in [2.24, 2.45) is 0 Å². The van der Waals surface area contributed by atoms with Crippen LogP contribution in [-0.4, -0.2) is 50.3 Å². The second-order valence-corrected chi connectivity index (χ2v) is 9.19. The lowest BCUT2D eigenvalue weighted by atomic mass is 10.5. The van der Waals surface area contributed by atoms with Crippen LogP contribution in [0.4, 0.5) is 0 Å². The standard InChI is InChI=1S/C9H16S5/c10-7(1-13-8-3-11-4-8)2-14-9-5-12-6-9/h7-10H,1-6H2. The maximum Gasteiger partial charge on any atom is 0.0229 e. The lowest BCUT2D eigenvalue weighted by Gasteiger charge is -2.27. The van der Waals surface area contributed by atoms with E-state index in [1.165, 1.54) is 34.5 Å². The highest BCUT2D eigenvalue weighted by molar-refractivity contribution is 8.08. The Balaban J connectivity index is 1.47. The molecule has 2 fully saturated rings. The molecule has 2 aliphatic heterocycles. The Morgan fingerprint density at radius 1 is 1.00 bits per heavy atom. The maximum atomic E-state index is 4.65. The van der Waals surface area contributed by atoms with Crippen molar-refractivity contribution in [1.82, 2.24) is 0 Å². The van der Waals surface area contributed by atoms with Gasteiger partial charge in [-0.2, -0.15) is 59.7 Å². The topological polar surface area (TPSA) is 0 Å². The summed E-state index contributed by atoms with van der Waals surface area (Å²) >= 11 is 13.1. The van der Waals surface area contributed by atoms with Crippen LogP contribution in [0.2, 0.25) is 0 Å². The Morgan fingerprint density at radius 2 is 1.43 bits per heavy atom. The van der Waals surface area contributed by atoms with Gasteiger partial charge in [-0.3, -0.25) is 0 Å². The smallest absolute Gasteiger partial charge is 0.0229 e. The Labute approximate surface area is 109 Å². The second-order valence-electron chi connectivity index (χ2n) is 3.64. The van der Waals surface area contributed by atoms with Crippen molar-refractivity contribution in [2.45, 2.75) is 15.7 Å². The number of thiol groups is 1. The van der Waals surface area contributed by atoms with Crippen LogP contribution in [0.5, 0.6) is 0 Å². The van der Waals surface area contributed by atoms with Gasteiger partial charge in [-0.25, -0.2) is 0 Å². The lowest BCUT2D eigenvalue weighted by molar-refractivity contribution is 1.05. The van der Waals surface area contributed by atoms with E-state index in [4.69, 9.17) is 0 Å². The number of thioether (sulfide) groups is 4. The van der Waals surface area contributed by atoms with E-state index in [0.717, 1.165) is 10.5 Å². The highest BCUT2D eigenvalue weighted by Crippen LogP contribution is 2.33. The molecule has 2 aliphatic rings. The summed E-state index contributed by atoms with van der Waals surface area (Å²) in [6.45, 7) is 0. The summed E-state index contributed by atoms with van der Waals surface area (Å²) in [7, 11) is 0. The fourth-order valence-electron chi connectivity index (χ4n) is 1.16. The van der Waals surface area contributed by atoms with E-state index >= 15 is 0 Å². The van der Waals surface area contributed by atoms with Gasteiger partial charge in [-0.1, -0.05) is 0 Å². The highest BCUT2D eigenvalue weighted by Gasteiger charge is 2.21. The zero-order chi connectivity index (χ0) is 9.80. The summed E-state index contributed by atoms with van der Waals surface area (Å²) in [4.78, 5) is 0. The van der Waals surface area contributed by atoms with Crippen molar-refractivity contribution in [3.63, 3.8) is 0 Å². The van der Waals surface area contributed by atoms with Crippen LogP contribution in [-0.2, 0) is 0 Å². The molecule has 0 aromatic carbocycles. The van der Waals surface area contributed by atoms with Crippen LogP contribution in [0.15, 0.2) is 0 Å². The molecule has 0 aromatic rings. The molecule has 0 N–H and O–H groups in total. The number of hydrogen-bond donors (Lipinski definition) is 1. The first kappa shape index (κ1) is 12.2. The average molecular weight is 285 g/mol. The summed E-state index contributed by atoms with van der Waals surface area (Å²) < 4.78 is 0. The number of rotatable bonds is 6. The van der Waals surface area contributed by atoms with Crippen molar-refractivity contribution in [3.05, 3.63) is 0 Å². The molecule has 2 rings (SSSR count). The fraction of sp³-hybridized carbons (Fsp3) is 1.00. The van der Waals surface area contributed by atoms with Crippen LogP contribution in [0, 0.1) is 0 Å². The molecular weight excluding hydrogens is 268 g/mol. The molecule has 2 saturated heterocycles. The minimum Gasteiger partial charge on any atom is -0.174 e. The summed E-state index contributed by atoms with van der Waals surface area (Å²) in [5.41, 5.74) is 0. The zero-order valence-corrected chi connectivity index (χ0v) is 12.2. The Bertz CT molecular complexity index is 149. The molecule has 0 amide bonds. The van der Waals surface area contributed by atoms with Crippen LogP contribution in [0.3, 0.4) is 0 Å². The summed E-state index contributed by atoms with van der Waals surface area (Å²) in [6.07, 6.45) is 0. The van der Waals surface area contributed by atoms with Crippen LogP contribution in [0.1, 0.15) is 0 Å². The molecule has 0 spiro atoms. The van der Waals surface area contributed by atoms with Crippen LogP contribution >= 0.6 is 59.7 Å². The van der Waals surface area contributed by atoms with Crippen molar-refractivity contribution in [1.29, 1.82) is 0 Å². The average Bonchev–Trinajstić information content (AvgIpc) is 1.98. The number of hydrogen-bond acceptors (Lipinski definition) is 5. The third kappa shape index (κ3) is 3.96. The van der Waals surface area contributed by atoms with Crippen molar-refractivity contribution in [2.75, 3.05) is 34.5 Å². The molecule has 0 unspecified atom stereocenters. The summed E-state index contributed by atoms with van der Waals surface area (Å²) in [6, 6.07) is 0. The normalized spacial score (nSPS) is 23.6. The van der Waals surface area contributed by atoms with Crippen molar-refractivity contribution < 1.29 is 0 Å². The van der Waals surface area contributed by atoms with Gasteiger partial charge in [0.05, 0.1) is 0 Å². The Morgan fingerprint density at radius 3 is 1.71 bits per heavy atom. The monoisotopic (exact) mass is 284 g/mol. The molecule has 5 heteroatoms. The minimum atomic E-state index is 0.612. The van der Waals surface area contributed by atoms with Gasteiger partial charge in [-0.05, 0) is 0 Å². The molecule has 0 atom stereocenters. The lowest BCUT2D eigenvalue weighted by Crippen LogP contribution is -2.25. The summed E-state index contributed by atoms with van der Waals surface area (Å²) in [5.74, 6) is 7.99. The molecule has 2 heterocycles. The van der Waals surface area contributed by atoms with Gasteiger partial charge < -0.3 is 0 Å². The molecule has 0 aliphatic carbocycles. The van der Waals surface area contributed by atoms with E-state index in [9.17, 15) is 0 Å². The largest absolute Gasteiger partial charge is 0.174 e. The minimum absolute atomic E-state index is 0.612. The SMILES string of the molecule is SC(CSC1CSC1)CSC1CSC1. The van der Waals surface area contributed by atoms with Gasteiger partial charge >= 0.3 is 0 Å². The first-order valence-electron chi connectivity index (χ1n) is 4.91. The first-order chi connectivity index (χ1) is 6.84. The molecule has 0 bridgehead atoms. The molecule has 0 nitrogen and oxygen atoms in total. The van der Waals surface area contributed by atoms with Gasteiger partial charge in [0.25, 0.3) is 0 Å². The van der Waals surface area contributed by atoms with Gasteiger partial charge in [0.15, 0.2) is 0 Å². The van der Waals surface area contributed by atoms with E-state index in [1.54, 1.807) is 0 Å². The van der Waals surface area contributed by atoms with Crippen molar-refractivity contribution in [3.8, 4) is 0 Å². The predicted molar refractivity (Wildman–Crippen MR) is 79.9 cm³/mol. The van der Waals surface area contributed by atoms with Crippen LogP contribution < -0.4 is 0 Å². The fourth-order valence-corrected chi connectivity index (χ4v) is 6.60. The van der Waals surface area contributed by atoms with E-state index < -0.39 is 0 Å². The van der Waals surface area contributed by atoms with Crippen LogP contribution in [0.25, 0.3) is 0 Å². The van der Waals surface area contributed by atoms with E-state index in [2.05, 4.69) is 59.7 Å². The molecule has 0 radical (unpaired) electrons. The van der Waals surface area contributed by atoms with Crippen molar-refractivity contribution >= 4 is 59.7 Å². The Hall–Kier alpha value is 1.75. The second kappa shape index (κ2) is 6.48. The third-order valence-electron chi connectivity index (χ3n) is 2.26. The van der Waals surface area contributed by atoms with E-state index in [1.807, 2.05) is 0 Å². The zero-order valence-electron chi connectivity index (χ0n) is 8.05. The van der Waals surface area contributed by atoms with Gasteiger partial charge in [0.2, 0.25) is 0 Å². The molecule has 0 saturated carbocycles. The Kier molecular flexibility index (Phi) is 5.65. The van der Waals surface area contributed by atoms with Gasteiger partial charge in [0.1, 0.15) is 0 Å². The summed E-state index contributed by atoms with van der Waals surface area (Å²) in [5, 5.41) is 2.50. The van der Waals surface area contributed by atoms with Gasteiger partial charge in [-0.15, -0.1) is 0 Å². The molecule has 82 valence electrons. The van der Waals surface area contributed by atoms with E-state index in [-0.39, 0.29) is 0 Å². The highest BCUT2D eigenvalue weighted by atomic mass is 32.2. The molecule has 0 aromatic heterocycles. The quantitative estimate of drug-likeness (QED) is 0.744. The van der Waals surface area contributed by atoms with E-state index in [0.29, 0.717) is 5.25 Å². The molecular formula is C9H16S5. The third-order valence-corrected chi connectivity index (χ3v) is 9.32. The molecule has 14 heavy (non-hydrogen) atoms. The predicted octanol–water partition coefficient (Wildman–Crippen LogP) is 2.98.